The van der Waals surface area contributed by atoms with Gasteiger partial charge < -0.3 is 14.8 Å². The fraction of sp³-hybridized carbons (Fsp3) is 0.474. The Morgan fingerprint density at radius 3 is 2.38 bits per heavy atom. The van der Waals surface area contributed by atoms with Crippen molar-refractivity contribution < 1.29 is 19.1 Å². The van der Waals surface area contributed by atoms with Gasteiger partial charge in [0.2, 0.25) is 0 Å². The molecule has 0 spiro atoms. The van der Waals surface area contributed by atoms with Crippen molar-refractivity contribution in [3.05, 3.63) is 48.0 Å². The minimum Gasteiger partial charge on any atom is -0.444 e. The zero-order chi connectivity index (χ0) is 18.2. The van der Waals surface area contributed by atoms with Crippen LogP contribution in [0.3, 0.4) is 0 Å². The van der Waals surface area contributed by atoms with Gasteiger partial charge in [-0.25, -0.2) is 4.79 Å². The van der Waals surface area contributed by atoms with Gasteiger partial charge in [-0.05, 0) is 46.3 Å². The van der Waals surface area contributed by atoms with Crippen molar-refractivity contribution in [2.75, 3.05) is 0 Å². The number of benzene rings is 1. The Hall–Kier alpha value is -2.14. The monoisotopic (exact) mass is 333 g/mol. The third-order valence-corrected chi connectivity index (χ3v) is 3.13. The molecule has 132 valence electrons. The van der Waals surface area contributed by atoms with Gasteiger partial charge in [0.05, 0.1) is 12.7 Å². The van der Waals surface area contributed by atoms with Crippen molar-refractivity contribution in [1.29, 1.82) is 0 Å². The molecule has 1 aromatic rings. The van der Waals surface area contributed by atoms with Gasteiger partial charge in [0.1, 0.15) is 11.6 Å². The largest absolute Gasteiger partial charge is 0.444 e. The van der Waals surface area contributed by atoms with Crippen LogP contribution in [0.2, 0.25) is 0 Å². The van der Waals surface area contributed by atoms with Crippen LogP contribution in [0.1, 0.15) is 40.2 Å². The molecule has 1 aromatic carbocycles. The molecule has 0 aliphatic rings. The molecule has 1 N–H and O–H groups in total. The number of carbonyl (C=O) groups excluding carboxylic acids is 2. The Morgan fingerprint density at radius 2 is 1.83 bits per heavy atom. The minimum atomic E-state index is -0.806. The third kappa shape index (κ3) is 7.42. The number of carbonyl (C=O) groups is 2. The van der Waals surface area contributed by atoms with E-state index in [0.717, 1.165) is 5.56 Å². The minimum absolute atomic E-state index is 0.232. The normalized spacial score (nSPS) is 14.2. The molecule has 0 saturated heterocycles. The third-order valence-electron chi connectivity index (χ3n) is 3.13. The molecular weight excluding hydrogens is 306 g/mol. The Bertz CT molecular complexity index is 560. The van der Waals surface area contributed by atoms with Crippen molar-refractivity contribution in [3.63, 3.8) is 0 Å². The summed E-state index contributed by atoms with van der Waals surface area (Å²) >= 11 is 0. The average molecular weight is 333 g/mol. The van der Waals surface area contributed by atoms with Gasteiger partial charge in [-0.2, -0.15) is 0 Å². The molecule has 0 unspecified atom stereocenters. The molecule has 0 radical (unpaired) electrons. The maximum absolute atomic E-state index is 12.3. The molecule has 0 saturated carbocycles. The Morgan fingerprint density at radius 1 is 1.21 bits per heavy atom. The van der Waals surface area contributed by atoms with Gasteiger partial charge in [0.25, 0.3) is 0 Å². The van der Waals surface area contributed by atoms with Gasteiger partial charge in [0.15, 0.2) is 5.78 Å². The van der Waals surface area contributed by atoms with Crippen LogP contribution in [0, 0.1) is 0 Å². The van der Waals surface area contributed by atoms with E-state index in [2.05, 4.69) is 5.32 Å². The number of hydrogen-bond donors (Lipinski definition) is 1. The molecule has 5 nitrogen and oxygen atoms in total. The second-order valence-corrected chi connectivity index (χ2v) is 6.53. The predicted octanol–water partition coefficient (Wildman–Crippen LogP) is 3.63. The van der Waals surface area contributed by atoms with E-state index in [-0.39, 0.29) is 5.78 Å². The fourth-order valence-corrected chi connectivity index (χ4v) is 2.02. The van der Waals surface area contributed by atoms with Crippen molar-refractivity contribution in [2.24, 2.45) is 0 Å². The number of allylic oxidation sites excluding steroid dienone is 1. The van der Waals surface area contributed by atoms with Crippen LogP contribution in [-0.2, 0) is 20.9 Å². The quantitative estimate of drug-likeness (QED) is 0.774. The number of hydrogen-bond acceptors (Lipinski definition) is 4. The number of alkyl carbamates (subject to hydrolysis) is 1. The second kappa shape index (κ2) is 9.23. The molecule has 0 bridgehead atoms. The fourth-order valence-electron chi connectivity index (χ4n) is 2.02. The lowest BCUT2D eigenvalue weighted by molar-refractivity contribution is -0.120. The van der Waals surface area contributed by atoms with Gasteiger partial charge in [-0.1, -0.05) is 36.4 Å². The highest BCUT2D eigenvalue weighted by molar-refractivity contribution is 5.96. The van der Waals surface area contributed by atoms with Gasteiger partial charge in [-0.15, -0.1) is 0 Å². The first kappa shape index (κ1) is 19.9. The van der Waals surface area contributed by atoms with E-state index in [4.69, 9.17) is 9.47 Å². The maximum Gasteiger partial charge on any atom is 0.408 e. The average Bonchev–Trinajstić information content (AvgIpc) is 2.50. The molecule has 2 atom stereocenters. The van der Waals surface area contributed by atoms with E-state index in [1.807, 2.05) is 30.3 Å². The molecule has 24 heavy (non-hydrogen) atoms. The van der Waals surface area contributed by atoms with E-state index in [0.29, 0.717) is 6.61 Å². The highest BCUT2D eigenvalue weighted by atomic mass is 16.6. The van der Waals surface area contributed by atoms with E-state index < -0.39 is 23.8 Å². The Balaban J connectivity index is 2.73. The summed E-state index contributed by atoms with van der Waals surface area (Å²) < 4.78 is 11.0. The van der Waals surface area contributed by atoms with E-state index in [1.54, 1.807) is 40.7 Å². The van der Waals surface area contributed by atoms with Crippen LogP contribution in [0.15, 0.2) is 42.5 Å². The molecule has 1 amide bonds. The van der Waals surface area contributed by atoms with E-state index in [9.17, 15) is 9.59 Å². The summed E-state index contributed by atoms with van der Waals surface area (Å²) in [5.74, 6) is -0.232. The summed E-state index contributed by atoms with van der Waals surface area (Å²) in [6.07, 6.45) is 1.92. The van der Waals surface area contributed by atoms with Crippen molar-refractivity contribution in [1.82, 2.24) is 5.32 Å². The van der Waals surface area contributed by atoms with E-state index in [1.165, 1.54) is 6.08 Å². The highest BCUT2D eigenvalue weighted by Gasteiger charge is 2.28. The lowest BCUT2D eigenvalue weighted by Crippen LogP contribution is -2.49. The molecule has 5 heteroatoms. The number of nitrogens with one attached hydrogen (secondary N) is 1. The molecule has 0 aliphatic heterocycles. The number of ether oxygens (including phenoxy) is 2. The maximum atomic E-state index is 12.3. The van der Waals surface area contributed by atoms with Crippen molar-refractivity contribution >= 4 is 11.9 Å². The molecular formula is C19H27NO4. The predicted molar refractivity (Wildman–Crippen MR) is 93.7 cm³/mol. The molecule has 0 aromatic heterocycles. The lowest BCUT2D eigenvalue weighted by atomic mass is 10.1. The highest BCUT2D eigenvalue weighted by Crippen LogP contribution is 2.10. The first-order valence-electron chi connectivity index (χ1n) is 8.04. The van der Waals surface area contributed by atoms with Crippen LogP contribution in [-0.4, -0.2) is 29.6 Å². The smallest absolute Gasteiger partial charge is 0.408 e. The first-order chi connectivity index (χ1) is 11.2. The van der Waals surface area contributed by atoms with Crippen LogP contribution in [0.5, 0.6) is 0 Å². The summed E-state index contributed by atoms with van der Waals surface area (Å²) in [6.45, 7) is 9.17. The first-order valence-corrected chi connectivity index (χ1v) is 8.04. The Kier molecular flexibility index (Phi) is 7.65. The number of amides is 1. The zero-order valence-corrected chi connectivity index (χ0v) is 15.0. The standard InChI is InChI=1S/C19H27NO4/c1-6-10-16(21)17(20-18(22)24-19(3,4)5)14(2)23-13-15-11-8-7-9-12-15/h6-12,14,17H,13H2,1-5H3,(H,20,22)/b10-6+/t14-,17+/m0/s1. The topological polar surface area (TPSA) is 64.6 Å². The van der Waals surface area contributed by atoms with Crippen LogP contribution in [0.25, 0.3) is 0 Å². The summed E-state index contributed by atoms with van der Waals surface area (Å²) in [7, 11) is 0. The van der Waals surface area contributed by atoms with Crippen molar-refractivity contribution in [3.8, 4) is 0 Å². The number of ketones is 1. The summed E-state index contributed by atoms with van der Waals surface area (Å²) in [5.41, 5.74) is 0.366. The molecule has 0 aliphatic carbocycles. The molecule has 0 fully saturated rings. The Labute approximate surface area is 144 Å². The summed E-state index contributed by atoms with van der Waals surface area (Å²) in [5, 5.41) is 2.61. The zero-order valence-electron chi connectivity index (χ0n) is 15.0. The SMILES string of the molecule is C/C=C/C(=O)[C@H](NC(=O)OC(C)(C)C)[C@H](C)OCc1ccccc1. The van der Waals surface area contributed by atoms with Crippen LogP contribution >= 0.6 is 0 Å². The van der Waals surface area contributed by atoms with E-state index >= 15 is 0 Å². The van der Waals surface area contributed by atoms with Gasteiger partial charge >= 0.3 is 6.09 Å². The van der Waals surface area contributed by atoms with Crippen LogP contribution in [0.4, 0.5) is 4.79 Å². The van der Waals surface area contributed by atoms with Gasteiger partial charge in [-0.3, -0.25) is 4.79 Å². The molecule has 1 rings (SSSR count). The number of rotatable bonds is 7. The van der Waals surface area contributed by atoms with Gasteiger partial charge in [0, 0.05) is 0 Å². The second-order valence-electron chi connectivity index (χ2n) is 6.53. The molecule has 0 heterocycles. The van der Waals surface area contributed by atoms with Crippen molar-refractivity contribution in [2.45, 2.75) is 59.0 Å². The lowest BCUT2D eigenvalue weighted by Gasteiger charge is -2.26. The summed E-state index contributed by atoms with van der Waals surface area (Å²) in [6, 6.07) is 8.85. The van der Waals surface area contributed by atoms with Crippen LogP contribution < -0.4 is 5.32 Å². The summed E-state index contributed by atoms with van der Waals surface area (Å²) in [4.78, 5) is 24.3.